The van der Waals surface area contributed by atoms with Crippen LogP contribution in [0.1, 0.15) is 5.56 Å². The van der Waals surface area contributed by atoms with Gasteiger partial charge in [0.25, 0.3) is 11.4 Å². The van der Waals surface area contributed by atoms with Crippen molar-refractivity contribution in [3.63, 3.8) is 0 Å². The Morgan fingerprint density at radius 2 is 1.90 bits per heavy atom. The zero-order valence-corrected chi connectivity index (χ0v) is 17.6. The van der Waals surface area contributed by atoms with Crippen LogP contribution in [0.3, 0.4) is 0 Å². The molecule has 0 radical (unpaired) electrons. The predicted octanol–water partition coefficient (Wildman–Crippen LogP) is 0.831. The highest BCUT2D eigenvalue weighted by atomic mass is 32.2. The molecular weight excluding hydrogens is 424 g/mol. The summed E-state index contributed by atoms with van der Waals surface area (Å²) in [6, 6.07) is 12.2. The molecule has 11 heteroatoms. The summed E-state index contributed by atoms with van der Waals surface area (Å²) in [5, 5.41) is 16.3. The monoisotopic (exact) mass is 446 g/mol. The quantitative estimate of drug-likeness (QED) is 0.432. The second-order valence-corrected chi connectivity index (χ2v) is 8.99. The number of sulfone groups is 1. The minimum absolute atomic E-state index is 0.0986. The van der Waals surface area contributed by atoms with Crippen LogP contribution in [0.25, 0.3) is 10.9 Å². The molecule has 3 aromatic rings. The third-order valence-electron chi connectivity index (χ3n) is 4.27. The SMILES string of the molecule is CS(=O)(=O)CNCCNC(=O)Oc1ncc2ccc(=O)n(Cc3ccccc3)c2c1O. The second-order valence-electron chi connectivity index (χ2n) is 6.85. The van der Waals surface area contributed by atoms with Crippen molar-refractivity contribution in [2.75, 3.05) is 25.2 Å². The molecule has 1 amide bonds. The molecule has 0 aliphatic rings. The number of aromatic hydroxyl groups is 1. The molecule has 2 aromatic heterocycles. The summed E-state index contributed by atoms with van der Waals surface area (Å²) in [4.78, 5) is 28.4. The Morgan fingerprint density at radius 3 is 2.61 bits per heavy atom. The van der Waals surface area contributed by atoms with Gasteiger partial charge < -0.3 is 25.0 Å². The number of fused-ring (bicyclic) bond motifs is 1. The highest BCUT2D eigenvalue weighted by Gasteiger charge is 2.17. The van der Waals surface area contributed by atoms with E-state index >= 15 is 0 Å². The molecule has 0 saturated heterocycles. The summed E-state index contributed by atoms with van der Waals surface area (Å²) >= 11 is 0. The fourth-order valence-electron chi connectivity index (χ4n) is 2.89. The van der Waals surface area contributed by atoms with E-state index in [1.807, 2.05) is 30.3 Å². The zero-order valence-electron chi connectivity index (χ0n) is 16.7. The fourth-order valence-corrected chi connectivity index (χ4v) is 3.40. The molecule has 0 saturated carbocycles. The standard InChI is InChI=1S/C20H22N4O6S/c1-31(28,29)13-21-9-10-22-20(27)30-19-18(26)17-15(11-23-19)7-8-16(25)24(17)12-14-5-3-2-4-6-14/h2-8,11,21,26H,9-10,12-13H2,1H3,(H,22,27). The summed E-state index contributed by atoms with van der Waals surface area (Å²) in [5.74, 6) is -0.992. The van der Waals surface area contributed by atoms with Gasteiger partial charge in [-0.25, -0.2) is 18.2 Å². The van der Waals surface area contributed by atoms with Crippen LogP contribution in [-0.2, 0) is 16.4 Å². The van der Waals surface area contributed by atoms with Crippen LogP contribution < -0.4 is 20.9 Å². The molecule has 3 N–H and O–H groups in total. The summed E-state index contributed by atoms with van der Waals surface area (Å²) in [7, 11) is -3.16. The summed E-state index contributed by atoms with van der Waals surface area (Å²) in [6.45, 7) is 0.517. The van der Waals surface area contributed by atoms with Crippen LogP contribution in [-0.4, -0.2) is 54.4 Å². The van der Waals surface area contributed by atoms with Gasteiger partial charge in [-0.15, -0.1) is 0 Å². The number of benzene rings is 1. The van der Waals surface area contributed by atoms with E-state index in [2.05, 4.69) is 15.6 Å². The topological polar surface area (TPSA) is 140 Å². The Kier molecular flexibility index (Phi) is 6.88. The second kappa shape index (κ2) is 9.58. The molecule has 1 aromatic carbocycles. The molecular formula is C20H22N4O6S. The molecule has 0 aliphatic heterocycles. The number of carbonyl (C=O) groups is 1. The van der Waals surface area contributed by atoms with E-state index in [0.29, 0.717) is 5.39 Å². The van der Waals surface area contributed by atoms with Gasteiger partial charge in [0.2, 0.25) is 5.75 Å². The summed E-state index contributed by atoms with van der Waals surface area (Å²) in [5.41, 5.74) is 0.726. The lowest BCUT2D eigenvalue weighted by molar-refractivity contribution is 0.196. The molecule has 3 rings (SSSR count). The first-order valence-corrected chi connectivity index (χ1v) is 11.4. The molecule has 0 bridgehead atoms. The molecule has 164 valence electrons. The van der Waals surface area contributed by atoms with Gasteiger partial charge in [0.15, 0.2) is 9.84 Å². The van der Waals surface area contributed by atoms with E-state index in [1.54, 1.807) is 0 Å². The van der Waals surface area contributed by atoms with Gasteiger partial charge in [-0.3, -0.25) is 4.79 Å². The van der Waals surface area contributed by atoms with Gasteiger partial charge in [0.1, 0.15) is 5.52 Å². The Hall–Kier alpha value is -3.44. The smallest absolute Gasteiger partial charge is 0.414 e. The van der Waals surface area contributed by atoms with E-state index in [9.17, 15) is 23.1 Å². The van der Waals surface area contributed by atoms with Crippen LogP contribution in [0.5, 0.6) is 11.6 Å². The van der Waals surface area contributed by atoms with Crippen LogP contribution in [0.2, 0.25) is 0 Å². The van der Waals surface area contributed by atoms with Gasteiger partial charge in [-0.05, 0) is 11.6 Å². The number of carbonyl (C=O) groups excluding carboxylic acids is 1. The number of amides is 1. The van der Waals surface area contributed by atoms with E-state index < -0.39 is 21.7 Å². The van der Waals surface area contributed by atoms with Crippen LogP contribution >= 0.6 is 0 Å². The third kappa shape index (κ3) is 6.03. The molecule has 0 spiro atoms. The average molecular weight is 446 g/mol. The number of nitrogens with zero attached hydrogens (tertiary/aromatic N) is 2. The Morgan fingerprint density at radius 1 is 1.16 bits per heavy atom. The maximum absolute atomic E-state index is 12.5. The first-order chi connectivity index (χ1) is 14.7. The normalized spacial score (nSPS) is 11.4. The van der Waals surface area contributed by atoms with Crippen molar-refractivity contribution in [3.8, 4) is 11.6 Å². The number of nitrogens with one attached hydrogen (secondary N) is 2. The van der Waals surface area contributed by atoms with Crippen molar-refractivity contribution in [1.29, 1.82) is 0 Å². The molecule has 10 nitrogen and oxygen atoms in total. The number of hydrogen-bond acceptors (Lipinski definition) is 8. The maximum Gasteiger partial charge on any atom is 0.414 e. The van der Waals surface area contributed by atoms with E-state index in [0.717, 1.165) is 11.8 Å². The van der Waals surface area contributed by atoms with Crippen molar-refractivity contribution in [2.24, 2.45) is 0 Å². The molecule has 0 fully saturated rings. The van der Waals surface area contributed by atoms with E-state index in [1.165, 1.54) is 22.9 Å². The van der Waals surface area contributed by atoms with Crippen LogP contribution in [0, 0.1) is 0 Å². The molecule has 31 heavy (non-hydrogen) atoms. The number of aromatic nitrogens is 2. The van der Waals surface area contributed by atoms with E-state index in [4.69, 9.17) is 4.74 Å². The largest absolute Gasteiger partial charge is 0.502 e. The van der Waals surface area contributed by atoms with Crippen LogP contribution in [0.4, 0.5) is 4.79 Å². The van der Waals surface area contributed by atoms with Crippen molar-refractivity contribution < 1.29 is 23.1 Å². The maximum atomic E-state index is 12.5. The highest BCUT2D eigenvalue weighted by molar-refractivity contribution is 7.90. The van der Waals surface area contributed by atoms with Gasteiger partial charge in [-0.1, -0.05) is 30.3 Å². The average Bonchev–Trinajstić information content (AvgIpc) is 2.72. The van der Waals surface area contributed by atoms with Gasteiger partial charge >= 0.3 is 6.09 Å². The Bertz CT molecular complexity index is 1240. The highest BCUT2D eigenvalue weighted by Crippen LogP contribution is 2.31. The Labute approximate surface area is 178 Å². The first-order valence-electron chi connectivity index (χ1n) is 9.34. The Balaban J connectivity index is 1.76. The third-order valence-corrected chi connectivity index (χ3v) is 5.00. The van der Waals surface area contributed by atoms with Crippen molar-refractivity contribution in [1.82, 2.24) is 20.2 Å². The molecule has 0 unspecified atom stereocenters. The summed E-state index contributed by atoms with van der Waals surface area (Å²) < 4.78 is 28.5. The molecule has 0 atom stereocenters. The minimum Gasteiger partial charge on any atom is -0.502 e. The lowest BCUT2D eigenvalue weighted by Gasteiger charge is -2.13. The summed E-state index contributed by atoms with van der Waals surface area (Å²) in [6.07, 6.45) is 1.61. The number of hydrogen-bond donors (Lipinski definition) is 3. The number of pyridine rings is 2. The van der Waals surface area contributed by atoms with Crippen molar-refractivity contribution in [3.05, 3.63) is 64.6 Å². The predicted molar refractivity (Wildman–Crippen MR) is 115 cm³/mol. The lowest BCUT2D eigenvalue weighted by atomic mass is 10.2. The molecule has 0 aliphatic carbocycles. The lowest BCUT2D eigenvalue weighted by Crippen LogP contribution is -2.35. The first kappa shape index (κ1) is 22.2. The van der Waals surface area contributed by atoms with Crippen LogP contribution in [0.15, 0.2) is 53.5 Å². The van der Waals surface area contributed by atoms with Gasteiger partial charge in [0, 0.05) is 37.0 Å². The number of rotatable bonds is 8. The minimum atomic E-state index is -3.16. The molecule has 2 heterocycles. The zero-order chi connectivity index (χ0) is 22.4. The van der Waals surface area contributed by atoms with Gasteiger partial charge in [0.05, 0.1) is 12.4 Å². The van der Waals surface area contributed by atoms with Gasteiger partial charge in [-0.2, -0.15) is 0 Å². The van der Waals surface area contributed by atoms with Crippen molar-refractivity contribution >= 4 is 26.8 Å². The fraction of sp³-hybridized carbons (Fsp3) is 0.250. The van der Waals surface area contributed by atoms with Crippen molar-refractivity contribution in [2.45, 2.75) is 6.54 Å². The van der Waals surface area contributed by atoms with E-state index in [-0.39, 0.29) is 42.5 Å². The number of ether oxygens (including phenoxy) is 1.